The number of carbonyl (C=O) groups excluding carboxylic acids is 3. The van der Waals surface area contributed by atoms with Crippen LogP contribution in [0.15, 0.2) is 42.5 Å². The highest BCUT2D eigenvalue weighted by molar-refractivity contribution is 6.01. The molecule has 0 aromatic heterocycles. The number of anilines is 1. The number of benzene rings is 2. The quantitative estimate of drug-likeness (QED) is 0.578. The van der Waals surface area contributed by atoms with Gasteiger partial charge in [-0.15, -0.1) is 0 Å². The maximum Gasteiger partial charge on any atom is 0.347 e. The van der Waals surface area contributed by atoms with Crippen LogP contribution >= 0.6 is 0 Å². The van der Waals surface area contributed by atoms with Gasteiger partial charge in [0.15, 0.2) is 25.1 Å². The second-order valence-corrected chi connectivity index (χ2v) is 8.11. The van der Waals surface area contributed by atoms with E-state index in [1.165, 1.54) is 6.07 Å². The molecular formula is C23H25NO6. The van der Waals surface area contributed by atoms with Gasteiger partial charge < -0.3 is 19.5 Å². The molecule has 0 spiro atoms. The fourth-order valence-corrected chi connectivity index (χ4v) is 2.88. The average Bonchev–Trinajstić information content (AvgIpc) is 2.70. The van der Waals surface area contributed by atoms with Gasteiger partial charge in [0.05, 0.1) is 5.69 Å². The number of fused-ring (bicyclic) bond motifs is 1. The molecule has 0 saturated carbocycles. The average molecular weight is 411 g/mol. The van der Waals surface area contributed by atoms with Gasteiger partial charge in [0.1, 0.15) is 11.5 Å². The first kappa shape index (κ1) is 21.4. The third-order valence-electron chi connectivity index (χ3n) is 4.65. The first-order valence-electron chi connectivity index (χ1n) is 9.67. The Balaban J connectivity index is 1.54. The first-order valence-corrected chi connectivity index (χ1v) is 9.67. The number of ketones is 1. The number of carbonyl (C=O) groups is 3. The molecule has 30 heavy (non-hydrogen) atoms. The van der Waals surface area contributed by atoms with Crippen molar-refractivity contribution in [3.8, 4) is 11.5 Å². The normalized spacial score (nSPS) is 14.1. The molecule has 0 aliphatic carbocycles. The minimum absolute atomic E-state index is 0.0229. The van der Waals surface area contributed by atoms with Crippen molar-refractivity contribution < 1.29 is 28.6 Å². The minimum Gasteiger partial charge on any atom is -0.482 e. The summed E-state index contributed by atoms with van der Waals surface area (Å²) in [5.41, 5.74) is 1.90. The van der Waals surface area contributed by atoms with E-state index in [9.17, 15) is 14.4 Å². The standard InChI is InChI=1S/C23H25NO6/c1-14(30-17-8-6-16(7-9-17)23(2,3)4)22(27)29-12-19(25)15-5-10-20-18(11-15)24-21(26)13-28-20/h5-11,14H,12-13H2,1-4H3,(H,24,26)/t14-/m0/s1. The van der Waals surface area contributed by atoms with E-state index in [1.54, 1.807) is 31.2 Å². The van der Waals surface area contributed by atoms with Crippen molar-refractivity contribution in [3.63, 3.8) is 0 Å². The maximum absolute atomic E-state index is 12.4. The van der Waals surface area contributed by atoms with Crippen LogP contribution in [0.5, 0.6) is 11.5 Å². The predicted octanol–water partition coefficient (Wildman–Crippen LogP) is 3.51. The maximum atomic E-state index is 12.4. The molecule has 0 radical (unpaired) electrons. The van der Waals surface area contributed by atoms with E-state index in [2.05, 4.69) is 26.1 Å². The lowest BCUT2D eigenvalue weighted by atomic mass is 9.87. The molecule has 1 N–H and O–H groups in total. The summed E-state index contributed by atoms with van der Waals surface area (Å²) in [5, 5.41) is 2.63. The van der Waals surface area contributed by atoms with E-state index in [4.69, 9.17) is 14.2 Å². The van der Waals surface area contributed by atoms with Gasteiger partial charge in [0, 0.05) is 5.56 Å². The molecule has 1 aliphatic rings. The summed E-state index contributed by atoms with van der Waals surface area (Å²) in [7, 11) is 0. The third kappa shape index (κ3) is 5.17. The largest absolute Gasteiger partial charge is 0.482 e. The van der Waals surface area contributed by atoms with Crippen LogP contribution in [0.25, 0.3) is 0 Å². The fourth-order valence-electron chi connectivity index (χ4n) is 2.88. The van der Waals surface area contributed by atoms with E-state index in [-0.39, 0.29) is 17.9 Å². The van der Waals surface area contributed by atoms with Crippen molar-refractivity contribution in [2.24, 2.45) is 0 Å². The van der Waals surface area contributed by atoms with Gasteiger partial charge in [-0.2, -0.15) is 0 Å². The Morgan fingerprint density at radius 1 is 1.13 bits per heavy atom. The molecule has 0 bridgehead atoms. The third-order valence-corrected chi connectivity index (χ3v) is 4.65. The van der Waals surface area contributed by atoms with Crippen LogP contribution in [0.2, 0.25) is 0 Å². The Morgan fingerprint density at radius 3 is 2.50 bits per heavy atom. The highest BCUT2D eigenvalue weighted by Crippen LogP contribution is 2.28. The van der Waals surface area contributed by atoms with Gasteiger partial charge in [0.25, 0.3) is 5.91 Å². The predicted molar refractivity (Wildman–Crippen MR) is 111 cm³/mol. The van der Waals surface area contributed by atoms with E-state index < -0.39 is 24.5 Å². The number of amides is 1. The van der Waals surface area contributed by atoms with Crippen molar-refractivity contribution in [2.75, 3.05) is 18.5 Å². The number of esters is 1. The molecule has 1 heterocycles. The van der Waals surface area contributed by atoms with Crippen LogP contribution in [0.3, 0.4) is 0 Å². The zero-order chi connectivity index (χ0) is 21.9. The van der Waals surface area contributed by atoms with Gasteiger partial charge in [-0.05, 0) is 48.2 Å². The summed E-state index contributed by atoms with van der Waals surface area (Å²) in [6.07, 6.45) is -0.866. The SMILES string of the molecule is C[C@H](Oc1ccc(C(C)(C)C)cc1)C(=O)OCC(=O)c1ccc2c(c1)NC(=O)CO2. The molecule has 3 rings (SSSR count). The molecular weight excluding hydrogens is 386 g/mol. The highest BCUT2D eigenvalue weighted by atomic mass is 16.6. The molecule has 7 nitrogen and oxygen atoms in total. The van der Waals surface area contributed by atoms with Gasteiger partial charge in [-0.25, -0.2) is 4.79 Å². The molecule has 7 heteroatoms. The number of Topliss-reactive ketones (excluding diaryl/α,β-unsaturated/α-hetero) is 1. The molecule has 1 amide bonds. The fraction of sp³-hybridized carbons (Fsp3) is 0.348. The van der Waals surface area contributed by atoms with Crippen LogP contribution in [-0.4, -0.2) is 37.0 Å². The van der Waals surface area contributed by atoms with Gasteiger partial charge in [-0.3, -0.25) is 9.59 Å². The monoisotopic (exact) mass is 411 g/mol. The molecule has 1 atom stereocenters. The van der Waals surface area contributed by atoms with E-state index >= 15 is 0 Å². The Hall–Kier alpha value is -3.35. The zero-order valence-corrected chi connectivity index (χ0v) is 17.5. The lowest BCUT2D eigenvalue weighted by molar-refractivity contribution is -0.149. The zero-order valence-electron chi connectivity index (χ0n) is 17.5. The second kappa shape index (κ2) is 8.57. The minimum atomic E-state index is -0.866. The Bertz CT molecular complexity index is 959. The molecule has 0 unspecified atom stereocenters. The van der Waals surface area contributed by atoms with Crippen LogP contribution < -0.4 is 14.8 Å². The van der Waals surface area contributed by atoms with Gasteiger partial charge >= 0.3 is 5.97 Å². The Kier molecular flexibility index (Phi) is 6.10. The summed E-state index contributed by atoms with van der Waals surface area (Å²) in [6, 6.07) is 12.2. The van der Waals surface area contributed by atoms with Gasteiger partial charge in [-0.1, -0.05) is 32.9 Å². The lowest BCUT2D eigenvalue weighted by Gasteiger charge is -2.20. The summed E-state index contributed by atoms with van der Waals surface area (Å²) in [4.78, 5) is 36.0. The van der Waals surface area contributed by atoms with Crippen LogP contribution in [0, 0.1) is 0 Å². The summed E-state index contributed by atoms with van der Waals surface area (Å²) in [6.45, 7) is 7.42. The van der Waals surface area contributed by atoms with E-state index in [0.29, 0.717) is 22.7 Å². The smallest absolute Gasteiger partial charge is 0.347 e. The van der Waals surface area contributed by atoms with Crippen molar-refractivity contribution in [1.29, 1.82) is 0 Å². The number of nitrogens with one attached hydrogen (secondary N) is 1. The number of rotatable bonds is 6. The number of hydrogen-bond acceptors (Lipinski definition) is 6. The van der Waals surface area contributed by atoms with Crippen LogP contribution in [0.4, 0.5) is 5.69 Å². The van der Waals surface area contributed by atoms with E-state index in [1.807, 2.05) is 12.1 Å². The first-order chi connectivity index (χ1) is 14.1. The van der Waals surface area contributed by atoms with Crippen LogP contribution in [-0.2, 0) is 19.7 Å². The molecule has 0 fully saturated rings. The molecule has 2 aromatic carbocycles. The summed E-state index contributed by atoms with van der Waals surface area (Å²) in [5.74, 6) is -0.294. The molecule has 1 aliphatic heterocycles. The summed E-state index contributed by atoms with van der Waals surface area (Å²) < 4.78 is 16.0. The highest BCUT2D eigenvalue weighted by Gasteiger charge is 2.21. The van der Waals surface area contributed by atoms with Crippen molar-refractivity contribution in [2.45, 2.75) is 39.2 Å². The lowest BCUT2D eigenvalue weighted by Crippen LogP contribution is -2.28. The summed E-state index contributed by atoms with van der Waals surface area (Å²) >= 11 is 0. The van der Waals surface area contributed by atoms with Crippen LogP contribution in [0.1, 0.15) is 43.6 Å². The van der Waals surface area contributed by atoms with Gasteiger partial charge in [0.2, 0.25) is 0 Å². The van der Waals surface area contributed by atoms with Crippen molar-refractivity contribution >= 4 is 23.3 Å². The van der Waals surface area contributed by atoms with E-state index in [0.717, 1.165) is 5.56 Å². The molecule has 158 valence electrons. The molecule has 2 aromatic rings. The second-order valence-electron chi connectivity index (χ2n) is 8.11. The topological polar surface area (TPSA) is 90.9 Å². The van der Waals surface area contributed by atoms with Crippen molar-refractivity contribution in [3.05, 3.63) is 53.6 Å². The molecule has 0 saturated heterocycles. The Morgan fingerprint density at radius 2 is 1.83 bits per heavy atom. The number of ether oxygens (including phenoxy) is 3. The van der Waals surface area contributed by atoms with Crippen molar-refractivity contribution in [1.82, 2.24) is 0 Å². The number of hydrogen-bond donors (Lipinski definition) is 1. The Labute approximate surface area is 175 Å².